The molecule has 2 aliphatic heterocycles. The highest BCUT2D eigenvalue weighted by atomic mass is 15.2. The van der Waals surface area contributed by atoms with E-state index in [-0.39, 0.29) is 6.71 Å². The topological polar surface area (TPSA) is 67.9 Å². The molecule has 0 radical (unpaired) electrons. The number of rotatable bonds is 11. The molecule has 4 aromatic heterocycles. The molecule has 9 heteroatoms. The second-order valence-electron chi connectivity index (χ2n) is 26.1. The fourth-order valence-corrected chi connectivity index (χ4v) is 15.8. The molecule has 0 unspecified atom stereocenters. The summed E-state index contributed by atoms with van der Waals surface area (Å²) in [5, 5.41) is 4.67. The van der Waals surface area contributed by atoms with Gasteiger partial charge in [-0.15, -0.1) is 0 Å². The van der Waals surface area contributed by atoms with Crippen molar-refractivity contribution >= 4 is 101 Å². The average Bonchev–Trinajstić information content (AvgIpc) is 1.41. The van der Waals surface area contributed by atoms with E-state index >= 15 is 0 Å². The molecule has 0 saturated carbocycles. The van der Waals surface area contributed by atoms with E-state index in [1.54, 1.807) is 0 Å². The van der Waals surface area contributed by atoms with Crippen LogP contribution in [0.3, 0.4) is 0 Å². The molecule has 8 nitrogen and oxygen atoms in total. The second-order valence-corrected chi connectivity index (χ2v) is 26.1. The Morgan fingerprint density at radius 3 is 1.19 bits per heavy atom. The van der Waals surface area contributed by atoms with Crippen LogP contribution in [0.15, 0.2) is 358 Å². The lowest BCUT2D eigenvalue weighted by atomic mass is 9.33. The van der Waals surface area contributed by atoms with Crippen molar-refractivity contribution < 1.29 is 0 Å². The zero-order chi connectivity index (χ0) is 66.5. The highest BCUT2D eigenvalue weighted by Crippen LogP contribution is 2.48. The normalized spacial score (nSPS) is 12.3. The van der Waals surface area contributed by atoms with Crippen molar-refractivity contribution in [3.8, 4) is 90.3 Å². The average molecular weight is 1290 g/mol. The van der Waals surface area contributed by atoms with E-state index in [2.05, 4.69) is 353 Å². The van der Waals surface area contributed by atoms with Gasteiger partial charge >= 0.3 is 0 Å². The zero-order valence-corrected chi connectivity index (χ0v) is 54.7. The monoisotopic (exact) mass is 1290 g/mol. The number of fused-ring (bicyclic) bond motifs is 10. The van der Waals surface area contributed by atoms with Gasteiger partial charge in [0, 0.05) is 94.7 Å². The van der Waals surface area contributed by atoms with Crippen molar-refractivity contribution in [2.24, 2.45) is 0 Å². The molecule has 101 heavy (non-hydrogen) atoms. The Labute approximate surface area is 584 Å². The van der Waals surface area contributed by atoms with Gasteiger partial charge in [0.2, 0.25) is 0 Å². The molecule has 20 rings (SSSR count). The summed E-state index contributed by atoms with van der Waals surface area (Å²) in [6.45, 7) is -0.0115. The van der Waals surface area contributed by atoms with Crippen LogP contribution in [0.4, 0.5) is 34.1 Å². The third-order valence-corrected chi connectivity index (χ3v) is 20.3. The maximum atomic E-state index is 5.86. The quantitative estimate of drug-likeness (QED) is 0.120. The Balaban J connectivity index is 0.832. The van der Waals surface area contributed by atoms with Gasteiger partial charge in [-0.05, 0) is 143 Å². The van der Waals surface area contributed by atoms with Gasteiger partial charge in [0.05, 0.1) is 50.5 Å². The number of para-hydroxylation sites is 7. The third-order valence-electron chi connectivity index (χ3n) is 20.3. The molecule has 0 atom stereocenters. The highest BCUT2D eigenvalue weighted by Gasteiger charge is 2.43. The van der Waals surface area contributed by atoms with E-state index in [1.165, 1.54) is 38.5 Å². The standard InChI is InChI=1S/C92H59BN8/c1-7-28-60(29-8-1)77-57-80(95-91(94-77)62-32-11-3-12-33-62)65-50-51-83(101-82-47-24-20-43-71(82)73-56-72-70-42-19-23-46-81(70)98(86(72)59-87(73)101)67-36-13-4-14-37-67)74(53-65)92-96-78(61-30-9-2-10-31-61)58-79(97-92)64-35-27-34-63(52-64)66-54-88-90-89(55-66)100(69-40-17-6-18-41-69)85-49-26-22-45-76(85)93(90)75-44-21-25-48-84(75)99(88)68-38-15-5-16-39-68/h1-59H. The smallest absolute Gasteiger partial charge is 0.252 e. The van der Waals surface area contributed by atoms with Gasteiger partial charge in [0.15, 0.2) is 11.6 Å². The summed E-state index contributed by atoms with van der Waals surface area (Å²) < 4.78 is 4.83. The Morgan fingerprint density at radius 2 is 0.634 bits per heavy atom. The maximum absolute atomic E-state index is 5.86. The molecule has 0 fully saturated rings. The summed E-state index contributed by atoms with van der Waals surface area (Å²) >= 11 is 0. The second kappa shape index (κ2) is 23.7. The molecular formula is C92H59BN8. The summed E-state index contributed by atoms with van der Waals surface area (Å²) in [6, 6.07) is 129. The lowest BCUT2D eigenvalue weighted by Crippen LogP contribution is -2.61. The highest BCUT2D eigenvalue weighted by molar-refractivity contribution is 7.00. The van der Waals surface area contributed by atoms with E-state index in [0.29, 0.717) is 11.6 Å². The molecule has 0 bridgehead atoms. The number of hydrogen-bond donors (Lipinski definition) is 0. The summed E-state index contributed by atoms with van der Waals surface area (Å²) in [5.41, 5.74) is 27.9. The first-order chi connectivity index (χ1) is 50.1. The fraction of sp³-hybridized carbons (Fsp3) is 0. The molecule has 0 saturated heterocycles. The third kappa shape index (κ3) is 9.61. The lowest BCUT2D eigenvalue weighted by Gasteiger charge is -2.44. The van der Waals surface area contributed by atoms with Crippen LogP contribution in [0.2, 0.25) is 0 Å². The first-order valence-electron chi connectivity index (χ1n) is 34.4. The van der Waals surface area contributed by atoms with Crippen LogP contribution >= 0.6 is 0 Å². The minimum atomic E-state index is -0.0115. The fourth-order valence-electron chi connectivity index (χ4n) is 15.8. The van der Waals surface area contributed by atoms with Gasteiger partial charge in [-0.2, -0.15) is 0 Å². The molecule has 18 aromatic rings. The molecule has 0 amide bonds. The minimum Gasteiger partial charge on any atom is -0.311 e. The minimum absolute atomic E-state index is 0.0115. The predicted molar refractivity (Wildman–Crippen MR) is 418 cm³/mol. The molecule has 0 spiro atoms. The molecule has 0 N–H and O–H groups in total. The van der Waals surface area contributed by atoms with Crippen LogP contribution in [-0.2, 0) is 0 Å². The van der Waals surface area contributed by atoms with Crippen molar-refractivity contribution in [3.63, 3.8) is 0 Å². The summed E-state index contributed by atoms with van der Waals surface area (Å²) in [6.07, 6.45) is 0. The van der Waals surface area contributed by atoms with E-state index in [1.807, 2.05) is 24.3 Å². The van der Waals surface area contributed by atoms with Crippen LogP contribution in [-0.4, -0.2) is 35.8 Å². The predicted octanol–water partition coefficient (Wildman–Crippen LogP) is 21.2. The van der Waals surface area contributed by atoms with Crippen molar-refractivity contribution in [2.45, 2.75) is 0 Å². The van der Waals surface area contributed by atoms with Crippen molar-refractivity contribution in [2.75, 3.05) is 9.80 Å². The summed E-state index contributed by atoms with van der Waals surface area (Å²) in [5.74, 6) is 1.20. The van der Waals surface area contributed by atoms with Gasteiger partial charge in [0.1, 0.15) is 0 Å². The van der Waals surface area contributed by atoms with Gasteiger partial charge in [0.25, 0.3) is 6.71 Å². The van der Waals surface area contributed by atoms with E-state index in [9.17, 15) is 0 Å². The summed E-state index contributed by atoms with van der Waals surface area (Å²) in [4.78, 5) is 27.2. The molecule has 0 aliphatic carbocycles. The van der Waals surface area contributed by atoms with Crippen molar-refractivity contribution in [1.29, 1.82) is 0 Å². The number of benzene rings is 14. The first-order valence-corrected chi connectivity index (χ1v) is 34.4. The number of anilines is 6. The Kier molecular flexibility index (Phi) is 13.5. The molecule has 470 valence electrons. The number of nitrogens with zero attached hydrogens (tertiary/aromatic N) is 8. The van der Waals surface area contributed by atoms with Crippen LogP contribution in [0, 0.1) is 0 Å². The summed E-state index contributed by atoms with van der Waals surface area (Å²) in [7, 11) is 0. The van der Waals surface area contributed by atoms with Crippen LogP contribution in [0.5, 0.6) is 0 Å². The van der Waals surface area contributed by atoms with Gasteiger partial charge in [-0.25, -0.2) is 19.9 Å². The molecule has 14 aromatic carbocycles. The van der Waals surface area contributed by atoms with E-state index in [4.69, 9.17) is 19.9 Å². The van der Waals surface area contributed by atoms with Gasteiger partial charge in [-0.3, -0.25) is 0 Å². The van der Waals surface area contributed by atoms with Crippen molar-refractivity contribution in [1.82, 2.24) is 29.1 Å². The lowest BCUT2D eigenvalue weighted by molar-refractivity contribution is 1.13. The van der Waals surface area contributed by atoms with Crippen LogP contribution in [0.25, 0.3) is 134 Å². The van der Waals surface area contributed by atoms with Crippen molar-refractivity contribution in [3.05, 3.63) is 358 Å². The van der Waals surface area contributed by atoms with Crippen LogP contribution < -0.4 is 26.2 Å². The number of aromatic nitrogens is 6. The SMILES string of the molecule is c1ccc(-c2cc(-c3ccc(-n4c5ccccc5c5cc6c7ccccc7n(-c7ccccc7)c6cc54)c(-c4nc(-c5ccccc5)cc(-c5cccc(-c6cc7c8c(c6)N(c6ccccc6)c6ccccc6B8c6ccccc6N7c6ccccc6)c5)n4)c3)nc(-c3ccccc3)n2)cc1. The Morgan fingerprint density at radius 1 is 0.218 bits per heavy atom. The first kappa shape index (κ1) is 57.7. The van der Waals surface area contributed by atoms with Gasteiger partial charge < -0.3 is 18.9 Å². The molecule has 6 heterocycles. The van der Waals surface area contributed by atoms with E-state index in [0.717, 1.165) is 134 Å². The van der Waals surface area contributed by atoms with Crippen LogP contribution in [0.1, 0.15) is 0 Å². The largest absolute Gasteiger partial charge is 0.311 e. The Bertz CT molecular complexity index is 6110. The Hall–Kier alpha value is -13.5. The molecular weight excluding hydrogens is 1230 g/mol. The van der Waals surface area contributed by atoms with E-state index < -0.39 is 0 Å². The van der Waals surface area contributed by atoms with Gasteiger partial charge in [-0.1, -0.05) is 243 Å². The maximum Gasteiger partial charge on any atom is 0.252 e. The zero-order valence-electron chi connectivity index (χ0n) is 54.7. The molecule has 2 aliphatic rings. The number of hydrogen-bond acceptors (Lipinski definition) is 6.